The summed E-state index contributed by atoms with van der Waals surface area (Å²) in [5.74, 6) is 0.903. The van der Waals surface area contributed by atoms with Gasteiger partial charge in [0.2, 0.25) is 10.0 Å². The van der Waals surface area contributed by atoms with Crippen molar-refractivity contribution in [2.24, 2.45) is 0 Å². The number of sulfonamides is 1. The third kappa shape index (κ3) is 3.04. The Balaban J connectivity index is 1.67. The minimum Gasteiger partial charge on any atom is -0.349 e. The fraction of sp³-hybridized carbons (Fsp3) is 0.667. The van der Waals surface area contributed by atoms with E-state index >= 15 is 0 Å². The summed E-state index contributed by atoms with van der Waals surface area (Å²) in [6.45, 7) is 0.500. The monoisotopic (exact) mass is 229 g/mol. The fourth-order valence-electron chi connectivity index (χ4n) is 1.40. The highest BCUT2D eigenvalue weighted by atomic mass is 32.2. The second-order valence-electron chi connectivity index (χ2n) is 3.78. The molecule has 2 N–H and O–H groups in total. The first-order chi connectivity index (χ1) is 7.18. The Morgan fingerprint density at radius 3 is 2.93 bits per heavy atom. The van der Waals surface area contributed by atoms with Crippen molar-refractivity contribution in [2.45, 2.75) is 30.9 Å². The van der Waals surface area contributed by atoms with E-state index in [2.05, 4.69) is 14.7 Å². The van der Waals surface area contributed by atoms with Crippen molar-refractivity contribution in [1.82, 2.24) is 14.7 Å². The molecule has 0 aromatic carbocycles. The Labute approximate surface area is 89.4 Å². The smallest absolute Gasteiger partial charge is 0.214 e. The maximum Gasteiger partial charge on any atom is 0.214 e. The summed E-state index contributed by atoms with van der Waals surface area (Å²) in [6.07, 6.45) is 6.65. The van der Waals surface area contributed by atoms with E-state index in [1.807, 2.05) is 0 Å². The predicted octanol–water partition coefficient (Wildman–Crippen LogP) is 0.424. The quantitative estimate of drug-likeness (QED) is 0.694. The maximum absolute atomic E-state index is 11.4. The Hall–Kier alpha value is -0.880. The molecule has 5 nitrogen and oxygen atoms in total. The minimum atomic E-state index is -3.01. The van der Waals surface area contributed by atoms with Crippen LogP contribution in [0.5, 0.6) is 0 Å². The summed E-state index contributed by atoms with van der Waals surface area (Å²) in [5.41, 5.74) is 0. The Morgan fingerprint density at radius 2 is 2.33 bits per heavy atom. The van der Waals surface area contributed by atoms with Crippen LogP contribution in [0.15, 0.2) is 12.4 Å². The standard InChI is InChI=1S/C9H15N3O2S/c13-15(14,8-3-4-8)12-5-1-2-9-10-6-7-11-9/h6-8,12H,1-5H2,(H,10,11). The lowest BCUT2D eigenvalue weighted by Crippen LogP contribution is -2.28. The molecule has 84 valence electrons. The molecule has 1 heterocycles. The van der Waals surface area contributed by atoms with Crippen molar-refractivity contribution >= 4 is 10.0 Å². The van der Waals surface area contributed by atoms with Crippen LogP contribution in [0.25, 0.3) is 0 Å². The molecular weight excluding hydrogens is 214 g/mol. The number of rotatable bonds is 6. The summed E-state index contributed by atoms with van der Waals surface area (Å²) < 4.78 is 25.5. The molecule has 0 unspecified atom stereocenters. The van der Waals surface area contributed by atoms with Crippen LogP contribution in [-0.2, 0) is 16.4 Å². The van der Waals surface area contributed by atoms with Crippen LogP contribution in [0.3, 0.4) is 0 Å². The van der Waals surface area contributed by atoms with E-state index in [4.69, 9.17) is 0 Å². The lowest BCUT2D eigenvalue weighted by molar-refractivity contribution is 0.577. The predicted molar refractivity (Wildman–Crippen MR) is 56.9 cm³/mol. The summed E-state index contributed by atoms with van der Waals surface area (Å²) in [7, 11) is -3.01. The molecule has 1 aromatic rings. The van der Waals surface area contributed by atoms with E-state index in [-0.39, 0.29) is 5.25 Å². The van der Waals surface area contributed by atoms with Gasteiger partial charge in [0, 0.05) is 25.4 Å². The van der Waals surface area contributed by atoms with Gasteiger partial charge in [0.25, 0.3) is 0 Å². The number of hydrogen-bond acceptors (Lipinski definition) is 3. The average Bonchev–Trinajstić information content (AvgIpc) is 2.94. The molecule has 0 radical (unpaired) electrons. The van der Waals surface area contributed by atoms with Gasteiger partial charge in [0.05, 0.1) is 5.25 Å². The lowest BCUT2D eigenvalue weighted by atomic mass is 10.3. The van der Waals surface area contributed by atoms with Crippen molar-refractivity contribution in [3.63, 3.8) is 0 Å². The van der Waals surface area contributed by atoms with Crippen molar-refractivity contribution in [2.75, 3.05) is 6.54 Å². The average molecular weight is 229 g/mol. The topological polar surface area (TPSA) is 74.8 Å². The SMILES string of the molecule is O=S(=O)(NCCCc1ncc[nH]1)C1CC1. The van der Waals surface area contributed by atoms with Gasteiger partial charge in [0.15, 0.2) is 0 Å². The number of aromatic nitrogens is 2. The van der Waals surface area contributed by atoms with E-state index in [9.17, 15) is 8.42 Å². The van der Waals surface area contributed by atoms with Gasteiger partial charge in [-0.15, -0.1) is 0 Å². The largest absolute Gasteiger partial charge is 0.349 e. The first kappa shape index (κ1) is 10.6. The molecule has 0 aliphatic heterocycles. The molecule has 1 aromatic heterocycles. The zero-order valence-electron chi connectivity index (χ0n) is 8.44. The number of hydrogen-bond donors (Lipinski definition) is 2. The van der Waals surface area contributed by atoms with E-state index < -0.39 is 10.0 Å². The number of H-pyrrole nitrogens is 1. The van der Waals surface area contributed by atoms with E-state index in [0.717, 1.165) is 31.5 Å². The van der Waals surface area contributed by atoms with Gasteiger partial charge in [-0.2, -0.15) is 0 Å². The molecule has 1 aliphatic rings. The third-order valence-electron chi connectivity index (χ3n) is 2.41. The second kappa shape index (κ2) is 4.32. The van der Waals surface area contributed by atoms with Crippen molar-refractivity contribution < 1.29 is 8.42 Å². The Kier molecular flexibility index (Phi) is 3.06. The molecule has 1 aliphatic carbocycles. The van der Waals surface area contributed by atoms with Crippen LogP contribution in [0.2, 0.25) is 0 Å². The zero-order valence-corrected chi connectivity index (χ0v) is 9.26. The second-order valence-corrected chi connectivity index (χ2v) is 5.82. The molecule has 1 fully saturated rings. The summed E-state index contributed by atoms with van der Waals surface area (Å²) in [6, 6.07) is 0. The molecule has 2 rings (SSSR count). The lowest BCUT2D eigenvalue weighted by Gasteiger charge is -2.03. The molecule has 0 bridgehead atoms. The molecule has 6 heteroatoms. The van der Waals surface area contributed by atoms with Crippen LogP contribution >= 0.6 is 0 Å². The van der Waals surface area contributed by atoms with Crippen molar-refractivity contribution in [3.8, 4) is 0 Å². The number of nitrogens with zero attached hydrogens (tertiary/aromatic N) is 1. The van der Waals surface area contributed by atoms with Gasteiger partial charge in [0.1, 0.15) is 5.82 Å². The van der Waals surface area contributed by atoms with Gasteiger partial charge in [-0.1, -0.05) is 0 Å². The number of aryl methyl sites for hydroxylation is 1. The molecule has 1 saturated carbocycles. The van der Waals surface area contributed by atoms with Gasteiger partial charge < -0.3 is 4.98 Å². The molecule has 0 atom stereocenters. The highest BCUT2D eigenvalue weighted by Crippen LogP contribution is 2.27. The number of nitrogens with one attached hydrogen (secondary N) is 2. The highest BCUT2D eigenvalue weighted by molar-refractivity contribution is 7.90. The van der Waals surface area contributed by atoms with E-state index in [1.54, 1.807) is 12.4 Å². The number of aromatic amines is 1. The normalized spacial score (nSPS) is 16.8. The first-order valence-corrected chi connectivity index (χ1v) is 6.70. The van der Waals surface area contributed by atoms with Gasteiger partial charge in [-0.05, 0) is 19.3 Å². The summed E-state index contributed by atoms with van der Waals surface area (Å²) >= 11 is 0. The fourth-order valence-corrected chi connectivity index (χ4v) is 2.82. The summed E-state index contributed by atoms with van der Waals surface area (Å²) in [4.78, 5) is 7.05. The highest BCUT2D eigenvalue weighted by Gasteiger charge is 2.34. The van der Waals surface area contributed by atoms with Crippen LogP contribution in [0, 0.1) is 0 Å². The molecule has 0 saturated heterocycles. The molecular formula is C9H15N3O2S. The minimum absolute atomic E-state index is 0.124. The molecule has 0 amide bonds. The maximum atomic E-state index is 11.4. The first-order valence-electron chi connectivity index (χ1n) is 5.15. The Morgan fingerprint density at radius 1 is 1.53 bits per heavy atom. The van der Waals surface area contributed by atoms with Gasteiger partial charge in [-0.3, -0.25) is 0 Å². The van der Waals surface area contributed by atoms with Crippen molar-refractivity contribution in [1.29, 1.82) is 0 Å². The third-order valence-corrected chi connectivity index (χ3v) is 4.37. The van der Waals surface area contributed by atoms with Crippen LogP contribution in [-0.4, -0.2) is 30.2 Å². The van der Waals surface area contributed by atoms with Gasteiger partial charge >= 0.3 is 0 Å². The van der Waals surface area contributed by atoms with Gasteiger partial charge in [-0.25, -0.2) is 18.1 Å². The molecule has 15 heavy (non-hydrogen) atoms. The van der Waals surface area contributed by atoms with Crippen LogP contribution < -0.4 is 4.72 Å². The van der Waals surface area contributed by atoms with Crippen molar-refractivity contribution in [3.05, 3.63) is 18.2 Å². The van der Waals surface area contributed by atoms with Crippen LogP contribution in [0.4, 0.5) is 0 Å². The van der Waals surface area contributed by atoms with E-state index in [1.165, 1.54) is 0 Å². The Bertz CT molecular complexity index is 395. The van der Waals surface area contributed by atoms with E-state index in [0.29, 0.717) is 6.54 Å². The number of imidazole rings is 1. The van der Waals surface area contributed by atoms with Crippen LogP contribution in [0.1, 0.15) is 25.1 Å². The zero-order chi connectivity index (χ0) is 10.7. The summed E-state index contributed by atoms with van der Waals surface area (Å²) in [5, 5.41) is -0.124. The molecule has 0 spiro atoms.